The van der Waals surface area contributed by atoms with Gasteiger partial charge in [-0.05, 0) is 25.0 Å². The third-order valence-corrected chi connectivity index (χ3v) is 3.30. The van der Waals surface area contributed by atoms with Crippen molar-refractivity contribution in [1.82, 2.24) is 15.0 Å². The fraction of sp³-hybridized carbons (Fsp3) is 0.500. The van der Waals surface area contributed by atoms with Crippen LogP contribution in [0.3, 0.4) is 0 Å². The van der Waals surface area contributed by atoms with Gasteiger partial charge < -0.3 is 0 Å². The smallest absolute Gasteiger partial charge is 0.113 e. The third-order valence-electron chi connectivity index (χ3n) is 3.30. The van der Waals surface area contributed by atoms with Crippen LogP contribution >= 0.6 is 0 Å². The fourth-order valence-electron chi connectivity index (χ4n) is 2.48. The first kappa shape index (κ1) is 8.89. The van der Waals surface area contributed by atoms with Crippen LogP contribution in [0.1, 0.15) is 38.1 Å². The van der Waals surface area contributed by atoms with Gasteiger partial charge in [-0.1, -0.05) is 36.6 Å². The van der Waals surface area contributed by atoms with Gasteiger partial charge in [-0.15, -0.1) is 5.10 Å². The zero-order chi connectivity index (χ0) is 10.1. The lowest BCUT2D eigenvalue weighted by atomic mass is 9.95. The largest absolute Gasteiger partial charge is 0.242 e. The number of rotatable bonds is 1. The quantitative estimate of drug-likeness (QED) is 0.710. The Morgan fingerprint density at radius 3 is 2.73 bits per heavy atom. The number of benzene rings is 1. The van der Waals surface area contributed by atoms with E-state index < -0.39 is 0 Å². The molecule has 0 saturated heterocycles. The number of para-hydroxylation sites is 1. The number of nitrogens with zero attached hydrogens (tertiary/aromatic N) is 3. The topological polar surface area (TPSA) is 30.7 Å². The molecule has 0 N–H and O–H groups in total. The van der Waals surface area contributed by atoms with Crippen LogP contribution in [0.4, 0.5) is 0 Å². The molecule has 0 aliphatic heterocycles. The van der Waals surface area contributed by atoms with E-state index in [0.29, 0.717) is 6.04 Å². The van der Waals surface area contributed by atoms with Crippen molar-refractivity contribution in [2.75, 3.05) is 0 Å². The van der Waals surface area contributed by atoms with E-state index in [4.69, 9.17) is 0 Å². The van der Waals surface area contributed by atoms with E-state index >= 15 is 0 Å². The summed E-state index contributed by atoms with van der Waals surface area (Å²) in [5.41, 5.74) is 2.20. The molecule has 15 heavy (non-hydrogen) atoms. The van der Waals surface area contributed by atoms with Crippen molar-refractivity contribution in [1.29, 1.82) is 0 Å². The Labute approximate surface area is 89.1 Å². The van der Waals surface area contributed by atoms with Crippen LogP contribution in [0, 0.1) is 0 Å². The Kier molecular flexibility index (Phi) is 2.16. The van der Waals surface area contributed by atoms with Gasteiger partial charge in [-0.2, -0.15) is 0 Å². The fourth-order valence-corrected chi connectivity index (χ4v) is 2.48. The summed E-state index contributed by atoms with van der Waals surface area (Å²) in [5, 5.41) is 8.49. The summed E-state index contributed by atoms with van der Waals surface area (Å²) in [6.45, 7) is 0. The number of hydrogen-bond acceptors (Lipinski definition) is 2. The molecular weight excluding hydrogens is 186 g/mol. The molecule has 2 aromatic rings. The summed E-state index contributed by atoms with van der Waals surface area (Å²) in [4.78, 5) is 0. The first-order valence-corrected chi connectivity index (χ1v) is 5.75. The Balaban J connectivity index is 2.02. The minimum absolute atomic E-state index is 0.575. The molecule has 1 saturated carbocycles. The summed E-state index contributed by atoms with van der Waals surface area (Å²) in [7, 11) is 0. The summed E-state index contributed by atoms with van der Waals surface area (Å²) in [6.07, 6.45) is 6.56. The molecule has 1 aromatic heterocycles. The maximum absolute atomic E-state index is 4.29. The predicted molar refractivity (Wildman–Crippen MR) is 59.7 cm³/mol. The summed E-state index contributed by atoms with van der Waals surface area (Å²) in [5.74, 6) is 0. The molecular formula is C12H15N3. The van der Waals surface area contributed by atoms with Crippen molar-refractivity contribution < 1.29 is 0 Å². The highest BCUT2D eigenvalue weighted by Gasteiger charge is 2.17. The Bertz CT molecular complexity index is 455. The van der Waals surface area contributed by atoms with Crippen molar-refractivity contribution in [2.24, 2.45) is 0 Å². The van der Waals surface area contributed by atoms with Gasteiger partial charge in [0.05, 0.1) is 11.6 Å². The minimum atomic E-state index is 0.575. The summed E-state index contributed by atoms with van der Waals surface area (Å²) >= 11 is 0. The highest BCUT2D eigenvalue weighted by atomic mass is 15.4. The second kappa shape index (κ2) is 3.65. The molecule has 1 fully saturated rings. The zero-order valence-corrected chi connectivity index (χ0v) is 8.76. The standard InChI is InChI=1S/C12H15N3/c1-2-6-10(7-3-1)15-12-9-5-4-8-11(12)13-14-15/h4-5,8-10H,1-3,6-7H2. The lowest BCUT2D eigenvalue weighted by molar-refractivity contribution is 0.331. The maximum atomic E-state index is 4.29. The van der Waals surface area contributed by atoms with E-state index in [1.54, 1.807) is 0 Å². The van der Waals surface area contributed by atoms with Crippen LogP contribution in [0.15, 0.2) is 24.3 Å². The lowest BCUT2D eigenvalue weighted by Crippen LogP contribution is -2.13. The maximum Gasteiger partial charge on any atom is 0.113 e. The minimum Gasteiger partial charge on any atom is -0.242 e. The third kappa shape index (κ3) is 1.52. The molecule has 1 aromatic carbocycles. The van der Waals surface area contributed by atoms with Crippen molar-refractivity contribution in [3.63, 3.8) is 0 Å². The van der Waals surface area contributed by atoms with E-state index in [1.807, 2.05) is 12.1 Å². The van der Waals surface area contributed by atoms with Gasteiger partial charge in [0.2, 0.25) is 0 Å². The van der Waals surface area contributed by atoms with Crippen molar-refractivity contribution in [2.45, 2.75) is 38.1 Å². The second-order valence-corrected chi connectivity index (χ2v) is 4.31. The average Bonchev–Trinajstić information content (AvgIpc) is 2.74. The molecule has 0 atom stereocenters. The molecule has 0 bridgehead atoms. The monoisotopic (exact) mass is 201 g/mol. The Morgan fingerprint density at radius 1 is 1.07 bits per heavy atom. The van der Waals surface area contributed by atoms with Gasteiger partial charge in [-0.25, -0.2) is 4.68 Å². The van der Waals surface area contributed by atoms with Gasteiger partial charge >= 0.3 is 0 Å². The summed E-state index contributed by atoms with van der Waals surface area (Å²) in [6, 6.07) is 8.80. The molecule has 1 heterocycles. The number of aromatic nitrogens is 3. The van der Waals surface area contributed by atoms with Crippen LogP contribution < -0.4 is 0 Å². The molecule has 78 valence electrons. The first-order chi connectivity index (χ1) is 7.45. The Morgan fingerprint density at radius 2 is 1.87 bits per heavy atom. The van der Waals surface area contributed by atoms with E-state index in [-0.39, 0.29) is 0 Å². The van der Waals surface area contributed by atoms with E-state index in [9.17, 15) is 0 Å². The second-order valence-electron chi connectivity index (χ2n) is 4.31. The van der Waals surface area contributed by atoms with E-state index in [1.165, 1.54) is 37.6 Å². The lowest BCUT2D eigenvalue weighted by Gasteiger charge is -2.21. The van der Waals surface area contributed by atoms with Gasteiger partial charge in [0.15, 0.2) is 0 Å². The van der Waals surface area contributed by atoms with Crippen LogP contribution in [0.5, 0.6) is 0 Å². The van der Waals surface area contributed by atoms with E-state index in [2.05, 4.69) is 27.1 Å². The van der Waals surface area contributed by atoms with Crippen molar-refractivity contribution in [3.8, 4) is 0 Å². The van der Waals surface area contributed by atoms with Crippen molar-refractivity contribution in [3.05, 3.63) is 24.3 Å². The van der Waals surface area contributed by atoms with Gasteiger partial charge in [-0.3, -0.25) is 0 Å². The summed E-state index contributed by atoms with van der Waals surface area (Å²) < 4.78 is 2.12. The zero-order valence-electron chi connectivity index (χ0n) is 8.76. The van der Waals surface area contributed by atoms with Gasteiger partial charge in [0.25, 0.3) is 0 Å². The molecule has 0 spiro atoms. The molecule has 0 radical (unpaired) electrons. The molecule has 3 nitrogen and oxygen atoms in total. The average molecular weight is 201 g/mol. The van der Waals surface area contributed by atoms with Gasteiger partial charge in [0.1, 0.15) is 5.52 Å². The SMILES string of the molecule is c1ccc2c(c1)nnn2C1CCCCC1. The van der Waals surface area contributed by atoms with Crippen molar-refractivity contribution >= 4 is 11.0 Å². The molecule has 3 heteroatoms. The van der Waals surface area contributed by atoms with E-state index in [0.717, 1.165) is 5.52 Å². The predicted octanol–water partition coefficient (Wildman–Crippen LogP) is 2.94. The van der Waals surface area contributed by atoms with Crippen LogP contribution in [0.2, 0.25) is 0 Å². The molecule has 1 aliphatic rings. The van der Waals surface area contributed by atoms with Crippen LogP contribution in [-0.4, -0.2) is 15.0 Å². The molecule has 0 unspecified atom stereocenters. The Hall–Kier alpha value is -1.38. The highest BCUT2D eigenvalue weighted by Crippen LogP contribution is 2.29. The van der Waals surface area contributed by atoms with Crippen LogP contribution in [0.25, 0.3) is 11.0 Å². The first-order valence-electron chi connectivity index (χ1n) is 5.75. The molecule has 0 amide bonds. The number of hydrogen-bond donors (Lipinski definition) is 0. The van der Waals surface area contributed by atoms with Gasteiger partial charge in [0, 0.05) is 0 Å². The number of fused-ring (bicyclic) bond motifs is 1. The molecule has 1 aliphatic carbocycles. The highest BCUT2D eigenvalue weighted by molar-refractivity contribution is 5.73. The molecule has 3 rings (SSSR count). The van der Waals surface area contributed by atoms with Crippen LogP contribution in [-0.2, 0) is 0 Å². The normalized spacial score (nSPS) is 18.4.